The van der Waals surface area contributed by atoms with Crippen molar-refractivity contribution in [1.82, 2.24) is 9.78 Å². The molecule has 0 aliphatic carbocycles. The number of hydrogen-bond acceptors (Lipinski definition) is 5. The lowest BCUT2D eigenvalue weighted by Crippen LogP contribution is -2.09. The number of nitrogen functional groups attached to an aromatic ring is 1. The first kappa shape index (κ1) is 18.8. The summed E-state index contributed by atoms with van der Waals surface area (Å²) < 4.78 is 37.1. The second kappa shape index (κ2) is 7.32. The van der Waals surface area contributed by atoms with Crippen LogP contribution in [0.3, 0.4) is 0 Å². The Bertz CT molecular complexity index is 1090. The molecule has 140 valence electrons. The quantitative estimate of drug-likeness (QED) is 0.656. The van der Waals surface area contributed by atoms with Crippen molar-refractivity contribution in [3.8, 4) is 5.69 Å². The summed E-state index contributed by atoms with van der Waals surface area (Å²) in [6, 6.07) is 12.4. The number of carbonyl (C=O) groups excluding carboxylic acids is 1. The van der Waals surface area contributed by atoms with Gasteiger partial charge in [-0.2, -0.15) is 5.10 Å². The molecule has 3 rings (SSSR count). The van der Waals surface area contributed by atoms with Crippen LogP contribution in [0.15, 0.2) is 54.7 Å². The number of anilines is 1. The Hall–Kier alpha value is -3.00. The minimum absolute atomic E-state index is 0.00921. The second-order valence-corrected chi connectivity index (χ2v) is 8.50. The van der Waals surface area contributed by atoms with Gasteiger partial charge in [0, 0.05) is 11.8 Å². The lowest BCUT2D eigenvalue weighted by molar-refractivity contribution is 0.103. The van der Waals surface area contributed by atoms with E-state index in [2.05, 4.69) is 5.10 Å². The molecular formula is C19H18FN3O3S. The molecule has 0 saturated carbocycles. The van der Waals surface area contributed by atoms with Crippen LogP contribution in [0.4, 0.5) is 10.2 Å². The minimum atomic E-state index is -3.09. The first-order valence-corrected chi connectivity index (χ1v) is 10.2. The lowest BCUT2D eigenvalue weighted by atomic mass is 10.0. The molecular weight excluding hydrogens is 369 g/mol. The van der Waals surface area contributed by atoms with Crippen LogP contribution in [0.2, 0.25) is 0 Å². The number of aromatic nitrogens is 2. The molecule has 0 aliphatic rings. The van der Waals surface area contributed by atoms with E-state index in [4.69, 9.17) is 5.73 Å². The fourth-order valence-corrected chi connectivity index (χ4v) is 3.25. The lowest BCUT2D eigenvalue weighted by Gasteiger charge is -2.06. The Morgan fingerprint density at radius 2 is 1.89 bits per heavy atom. The molecule has 0 aliphatic heterocycles. The van der Waals surface area contributed by atoms with Gasteiger partial charge in [0.2, 0.25) is 0 Å². The Balaban J connectivity index is 1.87. The first-order chi connectivity index (χ1) is 12.7. The van der Waals surface area contributed by atoms with E-state index in [0.717, 1.165) is 5.56 Å². The van der Waals surface area contributed by atoms with Crippen molar-refractivity contribution in [3.63, 3.8) is 0 Å². The zero-order chi connectivity index (χ0) is 19.6. The van der Waals surface area contributed by atoms with E-state index >= 15 is 0 Å². The Labute approximate surface area is 156 Å². The Morgan fingerprint density at radius 3 is 2.56 bits per heavy atom. The largest absolute Gasteiger partial charge is 0.383 e. The molecule has 0 amide bonds. The van der Waals surface area contributed by atoms with Crippen LogP contribution < -0.4 is 5.73 Å². The van der Waals surface area contributed by atoms with E-state index in [1.165, 1.54) is 41.4 Å². The van der Waals surface area contributed by atoms with Crippen LogP contribution in [0, 0.1) is 5.82 Å². The van der Waals surface area contributed by atoms with Gasteiger partial charge in [-0.05, 0) is 42.3 Å². The number of aryl methyl sites for hydroxylation is 1. The van der Waals surface area contributed by atoms with Gasteiger partial charge in [0.25, 0.3) is 0 Å². The third kappa shape index (κ3) is 4.40. The van der Waals surface area contributed by atoms with Gasteiger partial charge in [-0.15, -0.1) is 0 Å². The van der Waals surface area contributed by atoms with Crippen LogP contribution in [0.25, 0.3) is 5.69 Å². The molecule has 2 aromatic carbocycles. The van der Waals surface area contributed by atoms with Gasteiger partial charge in [-0.3, -0.25) is 4.79 Å². The van der Waals surface area contributed by atoms with E-state index in [9.17, 15) is 17.6 Å². The molecule has 6 nitrogen and oxygen atoms in total. The average molecular weight is 387 g/mol. The van der Waals surface area contributed by atoms with Crippen molar-refractivity contribution in [3.05, 3.63) is 77.2 Å². The Morgan fingerprint density at radius 1 is 1.19 bits per heavy atom. The summed E-state index contributed by atoms with van der Waals surface area (Å²) in [7, 11) is -3.09. The van der Waals surface area contributed by atoms with E-state index in [-0.39, 0.29) is 28.7 Å². The van der Waals surface area contributed by atoms with Gasteiger partial charge >= 0.3 is 0 Å². The SMILES string of the molecule is CS(=O)(=O)CCc1cccc(C(=O)c2cnn(-c3ccc(F)cc3)c2N)c1. The highest BCUT2D eigenvalue weighted by molar-refractivity contribution is 7.90. The molecule has 27 heavy (non-hydrogen) atoms. The predicted molar refractivity (Wildman–Crippen MR) is 101 cm³/mol. The normalized spacial score (nSPS) is 11.5. The monoisotopic (exact) mass is 387 g/mol. The summed E-state index contributed by atoms with van der Waals surface area (Å²) in [5.41, 5.74) is 7.97. The first-order valence-electron chi connectivity index (χ1n) is 8.15. The average Bonchev–Trinajstić information content (AvgIpc) is 3.01. The van der Waals surface area contributed by atoms with Crippen LogP contribution >= 0.6 is 0 Å². The summed E-state index contributed by atoms with van der Waals surface area (Å²) in [6.07, 6.45) is 2.86. The number of hydrogen-bond donors (Lipinski definition) is 1. The summed E-state index contributed by atoms with van der Waals surface area (Å²) in [6.45, 7) is 0. The zero-order valence-electron chi connectivity index (χ0n) is 14.6. The molecule has 3 aromatic rings. The second-order valence-electron chi connectivity index (χ2n) is 6.24. The molecule has 1 heterocycles. The molecule has 0 saturated heterocycles. The fraction of sp³-hybridized carbons (Fsp3) is 0.158. The number of halogens is 1. The van der Waals surface area contributed by atoms with Crippen molar-refractivity contribution in [1.29, 1.82) is 0 Å². The number of rotatable bonds is 6. The number of nitrogens with zero attached hydrogens (tertiary/aromatic N) is 2. The molecule has 0 spiro atoms. The van der Waals surface area contributed by atoms with Gasteiger partial charge in [-0.25, -0.2) is 17.5 Å². The number of benzene rings is 2. The van der Waals surface area contributed by atoms with Gasteiger partial charge in [-0.1, -0.05) is 18.2 Å². The highest BCUT2D eigenvalue weighted by Crippen LogP contribution is 2.21. The molecule has 2 N–H and O–H groups in total. The maximum Gasteiger partial charge on any atom is 0.198 e. The van der Waals surface area contributed by atoms with Gasteiger partial charge < -0.3 is 5.73 Å². The van der Waals surface area contributed by atoms with Crippen LogP contribution in [-0.2, 0) is 16.3 Å². The molecule has 0 unspecified atom stereocenters. The highest BCUT2D eigenvalue weighted by Gasteiger charge is 2.18. The molecule has 0 bridgehead atoms. The molecule has 8 heteroatoms. The predicted octanol–water partition coefficient (Wildman–Crippen LogP) is 2.41. The number of ketones is 1. The molecule has 0 atom stereocenters. The summed E-state index contributed by atoms with van der Waals surface area (Å²) in [5, 5.41) is 4.12. The fourth-order valence-electron chi connectivity index (χ4n) is 2.65. The molecule has 1 aromatic heterocycles. The summed E-state index contributed by atoms with van der Waals surface area (Å²) >= 11 is 0. The van der Waals surface area contributed by atoms with Crippen molar-refractivity contribution < 1.29 is 17.6 Å². The van der Waals surface area contributed by atoms with Crippen LogP contribution in [0.5, 0.6) is 0 Å². The van der Waals surface area contributed by atoms with E-state index in [1.807, 2.05) is 0 Å². The maximum atomic E-state index is 13.1. The van der Waals surface area contributed by atoms with Gasteiger partial charge in [0.1, 0.15) is 21.5 Å². The van der Waals surface area contributed by atoms with Crippen molar-refractivity contribution in [2.45, 2.75) is 6.42 Å². The van der Waals surface area contributed by atoms with Crippen molar-refractivity contribution in [2.75, 3.05) is 17.7 Å². The highest BCUT2D eigenvalue weighted by atomic mass is 32.2. The number of carbonyl (C=O) groups is 1. The summed E-state index contributed by atoms with van der Waals surface area (Å²) in [4.78, 5) is 12.8. The third-order valence-electron chi connectivity index (χ3n) is 4.07. The molecule has 0 fully saturated rings. The van der Waals surface area contributed by atoms with Crippen LogP contribution in [-0.4, -0.2) is 36.0 Å². The Kier molecular flexibility index (Phi) is 5.09. The van der Waals surface area contributed by atoms with Crippen molar-refractivity contribution >= 4 is 21.4 Å². The van der Waals surface area contributed by atoms with E-state index in [0.29, 0.717) is 17.7 Å². The van der Waals surface area contributed by atoms with E-state index in [1.54, 1.807) is 24.3 Å². The third-order valence-corrected chi connectivity index (χ3v) is 5.02. The topological polar surface area (TPSA) is 95.0 Å². The van der Waals surface area contributed by atoms with Gasteiger partial charge in [0.05, 0.1) is 23.2 Å². The van der Waals surface area contributed by atoms with Crippen molar-refractivity contribution in [2.24, 2.45) is 0 Å². The van der Waals surface area contributed by atoms with Gasteiger partial charge in [0.15, 0.2) is 5.78 Å². The maximum absolute atomic E-state index is 13.1. The number of sulfone groups is 1. The number of nitrogens with two attached hydrogens (primary N) is 1. The van der Waals surface area contributed by atoms with Crippen LogP contribution in [0.1, 0.15) is 21.5 Å². The standard InChI is InChI=1S/C19H18FN3O3S/c1-27(25,26)10-9-13-3-2-4-14(11-13)18(24)17-12-22-23(19(17)21)16-7-5-15(20)6-8-16/h2-8,11-12H,9-10,21H2,1H3. The summed E-state index contributed by atoms with van der Waals surface area (Å²) in [5.74, 6) is -0.545. The smallest absolute Gasteiger partial charge is 0.198 e. The minimum Gasteiger partial charge on any atom is -0.383 e. The molecule has 0 radical (unpaired) electrons. The zero-order valence-corrected chi connectivity index (χ0v) is 15.4. The van der Waals surface area contributed by atoms with E-state index < -0.39 is 9.84 Å².